The average Bonchev–Trinajstić information content (AvgIpc) is 2.85. The predicted molar refractivity (Wildman–Crippen MR) is 74.2 cm³/mol. The summed E-state index contributed by atoms with van der Waals surface area (Å²) in [4.78, 5) is 4.60. The van der Waals surface area contributed by atoms with Crippen molar-refractivity contribution in [2.24, 2.45) is 0 Å². The summed E-state index contributed by atoms with van der Waals surface area (Å²) in [5, 5.41) is 8.20. The van der Waals surface area contributed by atoms with Crippen LogP contribution in [0.1, 0.15) is 36.4 Å². The van der Waals surface area contributed by atoms with E-state index in [1.54, 1.807) is 11.3 Å². The maximum absolute atomic E-state index is 5.70. The first-order valence-electron chi connectivity index (χ1n) is 5.96. The smallest absolute Gasteiger partial charge is 0.318 e. The molecular weight excluding hydrogens is 246 g/mol. The van der Waals surface area contributed by atoms with Crippen LogP contribution in [-0.2, 0) is 12.0 Å². The van der Waals surface area contributed by atoms with Gasteiger partial charge in [0.25, 0.3) is 0 Å². The molecule has 0 N–H and O–H groups in total. The highest BCUT2D eigenvalue weighted by Crippen LogP contribution is 2.25. The molecule has 0 saturated heterocycles. The van der Waals surface area contributed by atoms with E-state index in [0.717, 1.165) is 6.54 Å². The number of rotatable bonds is 3. The van der Waals surface area contributed by atoms with Crippen molar-refractivity contribution in [3.05, 3.63) is 27.8 Å². The SMILES string of the molecule is Cc1ccc(CN(C)c2nnc(C(C)(C)C)o2)s1. The van der Waals surface area contributed by atoms with Gasteiger partial charge in [0.05, 0.1) is 6.54 Å². The van der Waals surface area contributed by atoms with Crippen molar-refractivity contribution in [1.29, 1.82) is 0 Å². The van der Waals surface area contributed by atoms with Crippen LogP contribution in [0.5, 0.6) is 0 Å². The van der Waals surface area contributed by atoms with Crippen LogP contribution in [0.2, 0.25) is 0 Å². The maximum Gasteiger partial charge on any atom is 0.318 e. The molecule has 0 saturated carbocycles. The lowest BCUT2D eigenvalue weighted by Crippen LogP contribution is -2.16. The summed E-state index contributed by atoms with van der Waals surface area (Å²) in [5.74, 6) is 0.673. The molecule has 0 aliphatic rings. The van der Waals surface area contributed by atoms with E-state index in [1.807, 2.05) is 11.9 Å². The largest absolute Gasteiger partial charge is 0.407 e. The molecule has 0 radical (unpaired) electrons. The van der Waals surface area contributed by atoms with Crippen molar-refractivity contribution in [2.75, 3.05) is 11.9 Å². The maximum atomic E-state index is 5.70. The summed E-state index contributed by atoms with van der Waals surface area (Å²) >= 11 is 1.79. The lowest BCUT2D eigenvalue weighted by Gasteiger charge is -2.14. The zero-order valence-electron chi connectivity index (χ0n) is 11.5. The zero-order chi connectivity index (χ0) is 13.3. The Balaban J connectivity index is 2.09. The highest BCUT2D eigenvalue weighted by molar-refractivity contribution is 7.11. The quantitative estimate of drug-likeness (QED) is 0.853. The van der Waals surface area contributed by atoms with E-state index >= 15 is 0 Å². The summed E-state index contributed by atoms with van der Waals surface area (Å²) < 4.78 is 5.70. The van der Waals surface area contributed by atoms with E-state index in [0.29, 0.717) is 11.9 Å². The Morgan fingerprint density at radius 2 is 2.00 bits per heavy atom. The van der Waals surface area contributed by atoms with Gasteiger partial charge < -0.3 is 9.32 Å². The zero-order valence-corrected chi connectivity index (χ0v) is 12.3. The minimum Gasteiger partial charge on any atom is -0.407 e. The van der Waals surface area contributed by atoms with Gasteiger partial charge in [-0.05, 0) is 19.1 Å². The average molecular weight is 265 g/mol. The van der Waals surface area contributed by atoms with Crippen molar-refractivity contribution >= 4 is 17.4 Å². The predicted octanol–water partition coefficient (Wildman–Crippen LogP) is 3.37. The standard InChI is InChI=1S/C13H19N3OS/c1-9-6-7-10(18-9)8-16(5)12-15-14-11(17-12)13(2,3)4/h6-7H,8H2,1-5H3. The van der Waals surface area contributed by atoms with Crippen molar-refractivity contribution in [2.45, 2.75) is 39.7 Å². The Kier molecular flexibility index (Phi) is 3.43. The lowest BCUT2D eigenvalue weighted by molar-refractivity contribution is 0.393. The molecule has 2 rings (SSSR count). The second kappa shape index (κ2) is 4.72. The molecule has 0 aliphatic carbocycles. The van der Waals surface area contributed by atoms with Crippen LogP contribution in [-0.4, -0.2) is 17.2 Å². The summed E-state index contributed by atoms with van der Waals surface area (Å²) in [6.07, 6.45) is 0. The Morgan fingerprint density at radius 1 is 1.28 bits per heavy atom. The van der Waals surface area contributed by atoms with E-state index in [2.05, 4.69) is 50.0 Å². The van der Waals surface area contributed by atoms with Gasteiger partial charge in [0, 0.05) is 22.2 Å². The van der Waals surface area contributed by atoms with Crippen molar-refractivity contribution in [3.63, 3.8) is 0 Å². The van der Waals surface area contributed by atoms with Crippen LogP contribution < -0.4 is 4.90 Å². The molecule has 0 bridgehead atoms. The van der Waals surface area contributed by atoms with E-state index in [1.165, 1.54) is 9.75 Å². The van der Waals surface area contributed by atoms with E-state index in [-0.39, 0.29) is 5.41 Å². The fraction of sp³-hybridized carbons (Fsp3) is 0.538. The molecule has 4 nitrogen and oxygen atoms in total. The number of thiophene rings is 1. The van der Waals surface area contributed by atoms with Crippen LogP contribution in [0, 0.1) is 6.92 Å². The normalized spacial score (nSPS) is 11.8. The number of hydrogen-bond acceptors (Lipinski definition) is 5. The number of aryl methyl sites for hydroxylation is 1. The van der Waals surface area contributed by atoms with E-state index in [9.17, 15) is 0 Å². The molecule has 2 heterocycles. The molecule has 98 valence electrons. The topological polar surface area (TPSA) is 42.2 Å². The summed E-state index contributed by atoms with van der Waals surface area (Å²) in [5.41, 5.74) is -0.106. The van der Waals surface area contributed by atoms with Crippen LogP contribution >= 0.6 is 11.3 Å². The fourth-order valence-corrected chi connectivity index (χ4v) is 2.49. The van der Waals surface area contributed by atoms with Gasteiger partial charge in [-0.25, -0.2) is 0 Å². The Morgan fingerprint density at radius 3 is 2.50 bits per heavy atom. The lowest BCUT2D eigenvalue weighted by atomic mass is 9.97. The monoisotopic (exact) mass is 265 g/mol. The molecular formula is C13H19N3OS. The number of anilines is 1. The summed E-state index contributed by atoms with van der Waals surface area (Å²) in [6.45, 7) is 9.09. The molecule has 0 amide bonds. The van der Waals surface area contributed by atoms with Crippen molar-refractivity contribution in [1.82, 2.24) is 10.2 Å². The van der Waals surface area contributed by atoms with Crippen molar-refractivity contribution in [3.8, 4) is 0 Å². The fourth-order valence-electron chi connectivity index (χ4n) is 1.54. The van der Waals surface area contributed by atoms with Crippen LogP contribution in [0.25, 0.3) is 0 Å². The first kappa shape index (κ1) is 13.1. The molecule has 0 fully saturated rings. The second-order valence-electron chi connectivity index (χ2n) is 5.51. The van der Waals surface area contributed by atoms with Crippen molar-refractivity contribution < 1.29 is 4.42 Å². The minimum absolute atomic E-state index is 0.106. The molecule has 5 heteroatoms. The van der Waals surface area contributed by atoms with Gasteiger partial charge in [0.15, 0.2) is 0 Å². The van der Waals surface area contributed by atoms with Gasteiger partial charge in [-0.3, -0.25) is 0 Å². The first-order chi connectivity index (χ1) is 8.36. The van der Waals surface area contributed by atoms with Gasteiger partial charge in [-0.1, -0.05) is 25.9 Å². The molecule has 2 aromatic rings. The van der Waals surface area contributed by atoms with E-state index in [4.69, 9.17) is 4.42 Å². The minimum atomic E-state index is -0.106. The number of nitrogens with zero attached hydrogens (tertiary/aromatic N) is 3. The van der Waals surface area contributed by atoms with Crippen LogP contribution in [0.15, 0.2) is 16.5 Å². The molecule has 2 aromatic heterocycles. The van der Waals surface area contributed by atoms with Gasteiger partial charge in [-0.15, -0.1) is 16.4 Å². The summed E-state index contributed by atoms with van der Waals surface area (Å²) in [6, 6.07) is 4.84. The van der Waals surface area contributed by atoms with Crippen LogP contribution in [0.4, 0.5) is 6.01 Å². The number of hydrogen-bond donors (Lipinski definition) is 0. The highest BCUT2D eigenvalue weighted by atomic mass is 32.1. The third kappa shape index (κ3) is 2.90. The third-order valence-electron chi connectivity index (χ3n) is 2.57. The molecule has 0 unspecified atom stereocenters. The van der Waals surface area contributed by atoms with E-state index < -0.39 is 0 Å². The third-order valence-corrected chi connectivity index (χ3v) is 3.56. The van der Waals surface area contributed by atoms with Gasteiger partial charge in [0.1, 0.15) is 0 Å². The molecule has 0 spiro atoms. The molecule has 18 heavy (non-hydrogen) atoms. The second-order valence-corrected chi connectivity index (χ2v) is 6.88. The highest BCUT2D eigenvalue weighted by Gasteiger charge is 2.22. The Bertz CT molecular complexity index is 524. The van der Waals surface area contributed by atoms with Gasteiger partial charge in [-0.2, -0.15) is 0 Å². The van der Waals surface area contributed by atoms with Gasteiger partial charge in [0.2, 0.25) is 5.89 Å². The molecule has 0 aliphatic heterocycles. The van der Waals surface area contributed by atoms with Gasteiger partial charge >= 0.3 is 6.01 Å². The van der Waals surface area contributed by atoms with Crippen LogP contribution in [0.3, 0.4) is 0 Å². The first-order valence-corrected chi connectivity index (χ1v) is 6.78. The Hall–Kier alpha value is -1.36. The Labute approximate surface area is 112 Å². The number of aromatic nitrogens is 2. The summed E-state index contributed by atoms with van der Waals surface area (Å²) in [7, 11) is 1.97. The molecule has 0 atom stereocenters. The molecule has 0 aromatic carbocycles.